The van der Waals surface area contributed by atoms with Crippen LogP contribution < -0.4 is 14.2 Å². The van der Waals surface area contributed by atoms with E-state index < -0.39 is 16.0 Å². The Morgan fingerprint density at radius 2 is 1.74 bits per heavy atom. The zero-order valence-corrected chi connectivity index (χ0v) is 21.4. The van der Waals surface area contributed by atoms with Gasteiger partial charge in [-0.1, -0.05) is 38.1 Å². The summed E-state index contributed by atoms with van der Waals surface area (Å²) in [5.74, 6) is 0.820. The molecule has 0 aliphatic rings. The van der Waals surface area contributed by atoms with Crippen LogP contribution in [0.3, 0.4) is 0 Å². The molecule has 0 radical (unpaired) electrons. The molecule has 0 saturated carbocycles. The molecule has 192 valence electrons. The number of esters is 1. The van der Waals surface area contributed by atoms with E-state index in [1.165, 1.54) is 0 Å². The Bertz CT molecular complexity index is 1050. The Morgan fingerprint density at radius 1 is 1.03 bits per heavy atom. The molecule has 9 heteroatoms. The van der Waals surface area contributed by atoms with Gasteiger partial charge in [0.15, 0.2) is 11.5 Å². The lowest BCUT2D eigenvalue weighted by molar-refractivity contribution is -0.139. The summed E-state index contributed by atoms with van der Waals surface area (Å²) >= 11 is 0. The molecule has 2 aromatic carbocycles. The van der Waals surface area contributed by atoms with Crippen LogP contribution in [-0.2, 0) is 30.7 Å². The smallest absolute Gasteiger partial charge is 0.330 e. The predicted molar refractivity (Wildman–Crippen MR) is 136 cm³/mol. The Hall–Kier alpha value is -3.04. The van der Waals surface area contributed by atoms with Crippen molar-refractivity contribution >= 4 is 21.7 Å². The van der Waals surface area contributed by atoms with Crippen molar-refractivity contribution in [2.75, 3.05) is 37.4 Å². The summed E-state index contributed by atoms with van der Waals surface area (Å²) in [6, 6.07) is 12.9. The van der Waals surface area contributed by atoms with Crippen molar-refractivity contribution < 1.29 is 32.2 Å². The summed E-state index contributed by atoms with van der Waals surface area (Å²) in [5, 5.41) is 0. The SMILES string of the molecule is C=CC(=O)OCCOC(C)c1ccc(OCCc2ccc(NS(C)(=O)=O)cc2)c(OCCCC)c1. The van der Waals surface area contributed by atoms with Crippen LogP contribution in [0.15, 0.2) is 55.1 Å². The van der Waals surface area contributed by atoms with Gasteiger partial charge >= 0.3 is 5.97 Å². The number of rotatable bonds is 16. The van der Waals surface area contributed by atoms with Crippen LogP contribution in [0.25, 0.3) is 0 Å². The van der Waals surface area contributed by atoms with E-state index in [2.05, 4.69) is 18.2 Å². The highest BCUT2D eigenvalue weighted by Crippen LogP contribution is 2.32. The lowest BCUT2D eigenvalue weighted by atomic mass is 10.1. The summed E-state index contributed by atoms with van der Waals surface area (Å²) in [4.78, 5) is 11.1. The molecular formula is C26H35NO7S. The maximum absolute atomic E-state index is 11.3. The molecule has 8 nitrogen and oxygen atoms in total. The van der Waals surface area contributed by atoms with Gasteiger partial charge in [-0.2, -0.15) is 0 Å². The first-order chi connectivity index (χ1) is 16.7. The minimum absolute atomic E-state index is 0.154. The lowest BCUT2D eigenvalue weighted by Gasteiger charge is -2.18. The molecule has 0 aromatic heterocycles. The molecule has 0 saturated heterocycles. The third-order valence-electron chi connectivity index (χ3n) is 4.96. The first kappa shape index (κ1) is 28.2. The topological polar surface area (TPSA) is 100 Å². The lowest BCUT2D eigenvalue weighted by Crippen LogP contribution is -2.11. The van der Waals surface area contributed by atoms with Crippen LogP contribution in [0, 0.1) is 0 Å². The third kappa shape index (κ3) is 10.8. The highest BCUT2D eigenvalue weighted by atomic mass is 32.2. The van der Waals surface area contributed by atoms with Crippen LogP contribution in [-0.4, -0.2) is 47.1 Å². The predicted octanol–water partition coefficient (Wildman–Crippen LogP) is 4.67. The molecule has 0 heterocycles. The highest BCUT2D eigenvalue weighted by Gasteiger charge is 2.13. The number of carbonyl (C=O) groups excluding carboxylic acids is 1. The van der Waals surface area contributed by atoms with Crippen LogP contribution in [0.1, 0.15) is 43.9 Å². The Kier molecular flexibility index (Phi) is 11.6. The molecule has 2 aromatic rings. The molecule has 0 amide bonds. The van der Waals surface area contributed by atoms with Crippen LogP contribution in [0.2, 0.25) is 0 Å². The molecule has 2 rings (SSSR count). The summed E-state index contributed by atoms with van der Waals surface area (Å²) in [7, 11) is -3.30. The molecule has 0 aliphatic heterocycles. The fourth-order valence-corrected chi connectivity index (χ4v) is 3.65. The molecule has 1 N–H and O–H groups in total. The van der Waals surface area contributed by atoms with Gasteiger partial charge in [-0.3, -0.25) is 4.72 Å². The van der Waals surface area contributed by atoms with Crippen molar-refractivity contribution in [1.82, 2.24) is 0 Å². The monoisotopic (exact) mass is 505 g/mol. The molecule has 1 atom stereocenters. The van der Waals surface area contributed by atoms with E-state index in [0.717, 1.165) is 36.3 Å². The van der Waals surface area contributed by atoms with Gasteiger partial charge in [0.05, 0.1) is 32.2 Å². The van der Waals surface area contributed by atoms with E-state index in [0.29, 0.717) is 36.8 Å². The number of hydrogen-bond acceptors (Lipinski definition) is 7. The second-order valence-electron chi connectivity index (χ2n) is 7.96. The molecule has 0 spiro atoms. The molecule has 0 aliphatic carbocycles. The summed E-state index contributed by atoms with van der Waals surface area (Å²) in [6.07, 6.45) is 4.61. The second-order valence-corrected chi connectivity index (χ2v) is 9.71. The van der Waals surface area contributed by atoms with Crippen molar-refractivity contribution in [2.24, 2.45) is 0 Å². The van der Waals surface area contributed by atoms with Gasteiger partial charge < -0.3 is 18.9 Å². The number of nitrogens with one attached hydrogen (secondary N) is 1. The Balaban J connectivity index is 1.96. The van der Waals surface area contributed by atoms with E-state index >= 15 is 0 Å². The fraction of sp³-hybridized carbons (Fsp3) is 0.423. The van der Waals surface area contributed by atoms with Gasteiger partial charge in [0.1, 0.15) is 6.61 Å². The number of carbonyl (C=O) groups is 1. The summed E-state index contributed by atoms with van der Waals surface area (Å²) < 4.78 is 47.8. The minimum atomic E-state index is -3.30. The van der Waals surface area contributed by atoms with Crippen molar-refractivity contribution in [1.29, 1.82) is 0 Å². The van der Waals surface area contributed by atoms with Crippen LogP contribution in [0.5, 0.6) is 11.5 Å². The molecule has 35 heavy (non-hydrogen) atoms. The highest BCUT2D eigenvalue weighted by molar-refractivity contribution is 7.92. The zero-order valence-electron chi connectivity index (χ0n) is 20.6. The number of sulfonamides is 1. The largest absolute Gasteiger partial charge is 0.490 e. The van der Waals surface area contributed by atoms with E-state index in [-0.39, 0.29) is 19.3 Å². The molecular weight excluding hydrogens is 470 g/mol. The first-order valence-corrected chi connectivity index (χ1v) is 13.5. The standard InChI is InChI=1S/C26H35NO7S/c1-5-7-15-32-25-19-22(20(3)31-17-18-34-26(28)6-2)10-13-24(25)33-16-14-21-8-11-23(12-9-21)27-35(4,29)30/h6,8-13,19-20,27H,2,5,7,14-18H2,1,3-4H3. The van der Waals surface area contributed by atoms with Gasteiger partial charge in [0.2, 0.25) is 10.0 Å². The van der Waals surface area contributed by atoms with Crippen molar-refractivity contribution in [3.05, 3.63) is 66.2 Å². The van der Waals surface area contributed by atoms with E-state index in [1.807, 2.05) is 37.3 Å². The number of unbranched alkanes of at least 4 members (excludes halogenated alkanes) is 1. The van der Waals surface area contributed by atoms with Crippen molar-refractivity contribution in [2.45, 2.75) is 39.2 Å². The first-order valence-electron chi connectivity index (χ1n) is 11.6. The third-order valence-corrected chi connectivity index (χ3v) is 5.57. The molecule has 0 fully saturated rings. The summed E-state index contributed by atoms with van der Waals surface area (Å²) in [5.41, 5.74) is 2.47. The molecule has 0 bridgehead atoms. The number of ether oxygens (including phenoxy) is 4. The van der Waals surface area contributed by atoms with E-state index in [4.69, 9.17) is 18.9 Å². The van der Waals surface area contributed by atoms with Crippen molar-refractivity contribution in [3.63, 3.8) is 0 Å². The van der Waals surface area contributed by atoms with Gasteiger partial charge in [-0.15, -0.1) is 0 Å². The normalized spacial score (nSPS) is 12.0. The van der Waals surface area contributed by atoms with Gasteiger partial charge in [-0.25, -0.2) is 13.2 Å². The quantitative estimate of drug-likeness (QED) is 0.201. The van der Waals surface area contributed by atoms with E-state index in [9.17, 15) is 13.2 Å². The minimum Gasteiger partial charge on any atom is -0.490 e. The molecule has 1 unspecified atom stereocenters. The maximum Gasteiger partial charge on any atom is 0.330 e. The second kappa shape index (κ2) is 14.4. The van der Waals surface area contributed by atoms with Gasteiger partial charge in [0, 0.05) is 18.2 Å². The summed E-state index contributed by atoms with van der Waals surface area (Å²) in [6.45, 7) is 8.82. The average molecular weight is 506 g/mol. The number of anilines is 1. The number of hydrogen-bond donors (Lipinski definition) is 1. The zero-order chi connectivity index (χ0) is 25.7. The van der Waals surface area contributed by atoms with Gasteiger partial charge in [-0.05, 0) is 48.7 Å². The van der Waals surface area contributed by atoms with Crippen LogP contribution in [0.4, 0.5) is 5.69 Å². The van der Waals surface area contributed by atoms with E-state index in [1.54, 1.807) is 12.1 Å². The van der Waals surface area contributed by atoms with Crippen molar-refractivity contribution in [3.8, 4) is 11.5 Å². The Labute approximate surface area is 208 Å². The fourth-order valence-electron chi connectivity index (χ4n) is 3.09. The van der Waals surface area contributed by atoms with Crippen LogP contribution >= 0.6 is 0 Å². The number of benzene rings is 2. The maximum atomic E-state index is 11.3. The van der Waals surface area contributed by atoms with Gasteiger partial charge in [0.25, 0.3) is 0 Å². The Morgan fingerprint density at radius 3 is 2.40 bits per heavy atom. The average Bonchev–Trinajstić information content (AvgIpc) is 2.82.